The molecule has 18 nitrogen and oxygen atoms in total. The fourth-order valence-corrected chi connectivity index (χ4v) is 9.69. The van der Waals surface area contributed by atoms with Crippen LogP contribution in [0.25, 0.3) is 64.6 Å². The smallest absolute Gasteiger partial charge is 0.243 e. The number of nitrogens with zero attached hydrogens (tertiary/aromatic N) is 2. The molecule has 0 aliphatic carbocycles. The molecule has 8 aromatic carbocycles. The summed E-state index contributed by atoms with van der Waals surface area (Å²) < 4.78 is 0. The largest absolute Gasteiger partial charge is 0.370 e. The Morgan fingerprint density at radius 1 is 0.458 bits per heavy atom. The molecule has 4 atom stereocenters. The molecule has 0 aliphatic heterocycles. The van der Waals surface area contributed by atoms with E-state index in [1.54, 1.807) is 0 Å². The first-order chi connectivity index (χ1) is 34.6. The van der Waals surface area contributed by atoms with E-state index in [1.165, 1.54) is 6.92 Å². The van der Waals surface area contributed by atoms with Crippen LogP contribution in [0.15, 0.2) is 119 Å². The topological polar surface area (TPSA) is 317 Å². The summed E-state index contributed by atoms with van der Waals surface area (Å²) in [4.78, 5) is 89.8. The van der Waals surface area contributed by atoms with Crippen LogP contribution in [0.1, 0.15) is 43.7 Å². The van der Waals surface area contributed by atoms with Gasteiger partial charge < -0.3 is 55.3 Å². The first-order valence-electron chi connectivity index (χ1n) is 23.8. The lowest BCUT2D eigenvalue weighted by Crippen LogP contribution is -2.56. The van der Waals surface area contributed by atoms with Crippen LogP contribution >= 0.6 is 0 Å². The molecule has 370 valence electrons. The zero-order valence-corrected chi connectivity index (χ0v) is 39.8. The van der Waals surface area contributed by atoms with Crippen molar-refractivity contribution < 1.29 is 28.8 Å². The Kier molecular flexibility index (Phi) is 15.1. The van der Waals surface area contributed by atoms with Crippen molar-refractivity contribution in [1.82, 2.24) is 26.6 Å². The lowest BCUT2D eigenvalue weighted by atomic mass is 9.90. The number of amides is 6. The fourth-order valence-electron chi connectivity index (χ4n) is 9.69. The van der Waals surface area contributed by atoms with Crippen LogP contribution in [0.5, 0.6) is 0 Å². The molecule has 0 saturated heterocycles. The second-order valence-corrected chi connectivity index (χ2v) is 18.1. The van der Waals surface area contributed by atoms with E-state index in [0.29, 0.717) is 12.8 Å². The highest BCUT2D eigenvalue weighted by Crippen LogP contribution is 2.38. The van der Waals surface area contributed by atoms with Crippen molar-refractivity contribution in [2.24, 2.45) is 38.7 Å². The zero-order valence-electron chi connectivity index (χ0n) is 39.8. The average molecular weight is 971 g/mol. The van der Waals surface area contributed by atoms with E-state index in [-0.39, 0.29) is 50.7 Å². The highest BCUT2D eigenvalue weighted by Gasteiger charge is 2.30. The number of hydrogen-bond donors (Lipinski definition) is 10. The summed E-state index contributed by atoms with van der Waals surface area (Å²) >= 11 is 0. The molecule has 18 heteroatoms. The molecule has 0 heterocycles. The molecule has 0 aromatic heterocycles. The molecule has 72 heavy (non-hydrogen) atoms. The molecule has 0 saturated carbocycles. The predicted molar refractivity (Wildman–Crippen MR) is 283 cm³/mol. The Morgan fingerprint density at radius 3 is 1.32 bits per heavy atom. The molecule has 0 fully saturated rings. The van der Waals surface area contributed by atoms with Gasteiger partial charge in [0, 0.05) is 32.9 Å². The Balaban J connectivity index is 1.06. The zero-order chi connectivity index (χ0) is 51.1. The number of primary amides is 1. The van der Waals surface area contributed by atoms with Crippen molar-refractivity contribution in [3.63, 3.8) is 0 Å². The van der Waals surface area contributed by atoms with Crippen LogP contribution < -0.4 is 55.3 Å². The summed E-state index contributed by atoms with van der Waals surface area (Å²) in [6.45, 7) is 1.07. The Labute approximate surface area is 414 Å². The van der Waals surface area contributed by atoms with E-state index < -0.39 is 66.2 Å². The van der Waals surface area contributed by atoms with Crippen molar-refractivity contribution >= 4 is 112 Å². The minimum atomic E-state index is -1.25. The first kappa shape index (κ1) is 49.6. The number of carbonyl (C=O) groups excluding carboxylic acids is 6. The molecule has 0 unspecified atom stereocenters. The summed E-state index contributed by atoms with van der Waals surface area (Å²) in [6, 6.07) is 31.4. The third kappa shape index (κ3) is 11.3. The van der Waals surface area contributed by atoms with Gasteiger partial charge in [-0.15, -0.1) is 0 Å². The van der Waals surface area contributed by atoms with Crippen LogP contribution in [0.4, 0.5) is 0 Å². The third-order valence-electron chi connectivity index (χ3n) is 13.0. The van der Waals surface area contributed by atoms with Crippen molar-refractivity contribution in [1.29, 1.82) is 0 Å². The number of carbonyl (C=O) groups is 6. The van der Waals surface area contributed by atoms with Crippen molar-refractivity contribution in [2.75, 3.05) is 19.6 Å². The predicted octanol–water partition coefficient (Wildman–Crippen LogP) is 2.93. The number of hydrogen-bond acceptors (Lipinski definition) is 8. The van der Waals surface area contributed by atoms with Gasteiger partial charge in [-0.2, -0.15) is 0 Å². The summed E-state index contributed by atoms with van der Waals surface area (Å²) in [6.07, 6.45) is 0.932. The summed E-state index contributed by atoms with van der Waals surface area (Å²) in [5, 5.41) is 25.8. The number of nitrogens with two attached hydrogens (primary N) is 5. The monoisotopic (exact) mass is 970 g/mol. The SMILES string of the molecule is CC(=O)N[C@H](CCCN=C(N)N)C(=O)N[C@H](Cc1ccc2ccc3cccc4ccc1c2c34)C(=O)NCC(=O)N[C@H](Cc1ccc2ccc3cccc4ccc1c2c34)C(=O)N[C@H](CCCN=C(N)N)C(N)=O. The quantitative estimate of drug-likeness (QED) is 0.0205. The fraction of sp³-hybridized carbons (Fsp3) is 0.259. The molecule has 8 aromatic rings. The molecule has 8 rings (SSSR count). The standard InChI is InChI=1S/C54H58N12O6/c1-29(67)63-41(11-5-25-61-54(58)59)51(71)66-42(26-36-18-16-34-14-12-30-6-2-8-32-20-22-38(36)47(34)45(30)32)50(70)62-28-44(68)64-43(52(72)65-40(49(55)69)10-4-24-60-53(56)57)27-37-19-17-35-15-13-31-7-3-9-33-21-23-39(37)48(35)46(31)33/h2-3,6-9,12-23,40-43H,4-5,10-11,24-28H2,1H3,(H2,55,69)(H,62,70)(H,63,67)(H,64,68)(H,65,72)(H,66,71)(H4,56,57,60)(H4,58,59,61)/t40-,41-,42-,43-/m1/s1. The minimum Gasteiger partial charge on any atom is -0.370 e. The van der Waals surface area contributed by atoms with E-state index in [2.05, 4.69) is 48.7 Å². The second kappa shape index (κ2) is 21.9. The average Bonchev–Trinajstić information content (AvgIpc) is 3.35. The first-order valence-corrected chi connectivity index (χ1v) is 23.8. The maximum absolute atomic E-state index is 14.5. The van der Waals surface area contributed by atoms with Crippen molar-refractivity contribution in [2.45, 2.75) is 69.6 Å². The Bertz CT molecular complexity index is 3370. The number of rotatable bonds is 22. The maximum atomic E-state index is 14.5. The van der Waals surface area contributed by atoms with Crippen molar-refractivity contribution in [3.05, 3.63) is 120 Å². The second-order valence-electron chi connectivity index (χ2n) is 18.1. The van der Waals surface area contributed by atoms with Crippen LogP contribution in [0, 0.1) is 0 Å². The number of benzene rings is 8. The van der Waals surface area contributed by atoms with Crippen LogP contribution in [0.2, 0.25) is 0 Å². The van der Waals surface area contributed by atoms with E-state index in [0.717, 1.165) is 75.8 Å². The summed E-state index contributed by atoms with van der Waals surface area (Å²) in [7, 11) is 0. The lowest BCUT2D eigenvalue weighted by molar-refractivity contribution is -0.133. The van der Waals surface area contributed by atoms with Gasteiger partial charge in [0.1, 0.15) is 24.2 Å². The Hall–Kier alpha value is -8.80. The third-order valence-corrected chi connectivity index (χ3v) is 13.0. The van der Waals surface area contributed by atoms with Gasteiger partial charge in [-0.1, -0.05) is 109 Å². The highest BCUT2D eigenvalue weighted by atomic mass is 16.2. The Morgan fingerprint density at radius 2 is 0.861 bits per heavy atom. The number of nitrogens with one attached hydrogen (secondary N) is 5. The van der Waals surface area contributed by atoms with E-state index in [4.69, 9.17) is 28.7 Å². The van der Waals surface area contributed by atoms with E-state index in [9.17, 15) is 28.8 Å². The molecule has 0 spiro atoms. The van der Waals surface area contributed by atoms with Gasteiger partial charge in [0.2, 0.25) is 35.4 Å². The van der Waals surface area contributed by atoms with Gasteiger partial charge in [0.25, 0.3) is 0 Å². The molecule has 6 amide bonds. The molecule has 0 bridgehead atoms. The molecular formula is C54H58N12O6. The molecule has 15 N–H and O–H groups in total. The molecule has 0 aliphatic rings. The van der Waals surface area contributed by atoms with Gasteiger partial charge in [-0.25, -0.2) is 0 Å². The van der Waals surface area contributed by atoms with Crippen LogP contribution in [0.3, 0.4) is 0 Å². The van der Waals surface area contributed by atoms with Gasteiger partial charge in [-0.05, 0) is 101 Å². The van der Waals surface area contributed by atoms with Gasteiger partial charge in [-0.3, -0.25) is 38.8 Å². The maximum Gasteiger partial charge on any atom is 0.243 e. The number of guanidine groups is 2. The number of aliphatic imine (C=N–C) groups is 2. The normalized spacial score (nSPS) is 13.1. The van der Waals surface area contributed by atoms with Gasteiger partial charge in [0.05, 0.1) is 6.54 Å². The molecule has 0 radical (unpaired) electrons. The summed E-state index contributed by atoms with van der Waals surface area (Å²) in [5.74, 6) is -4.24. The van der Waals surface area contributed by atoms with Gasteiger partial charge >= 0.3 is 0 Å². The van der Waals surface area contributed by atoms with E-state index >= 15 is 0 Å². The van der Waals surface area contributed by atoms with Gasteiger partial charge in [0.15, 0.2) is 11.9 Å². The minimum absolute atomic E-state index is 0.000227. The lowest BCUT2D eigenvalue weighted by Gasteiger charge is -2.25. The van der Waals surface area contributed by atoms with Crippen LogP contribution in [-0.4, -0.2) is 91.2 Å². The summed E-state index contributed by atoms with van der Waals surface area (Å²) in [5.41, 5.74) is 29.2. The highest BCUT2D eigenvalue weighted by molar-refractivity contribution is 6.24. The van der Waals surface area contributed by atoms with Crippen LogP contribution in [-0.2, 0) is 41.6 Å². The van der Waals surface area contributed by atoms with Crippen molar-refractivity contribution in [3.8, 4) is 0 Å². The van der Waals surface area contributed by atoms with E-state index in [1.807, 2.05) is 97.1 Å². The molecular weight excluding hydrogens is 913 g/mol.